The van der Waals surface area contributed by atoms with E-state index in [-0.39, 0.29) is 18.2 Å². The molecule has 10 heteroatoms. The maximum atomic E-state index is 13.0. The highest BCUT2D eigenvalue weighted by Crippen LogP contribution is 2.37. The van der Waals surface area contributed by atoms with Crippen LogP contribution in [0, 0.1) is 32.1 Å². The van der Waals surface area contributed by atoms with E-state index >= 15 is 0 Å². The minimum Gasteiger partial charge on any atom is -0.361 e. The molecule has 1 aromatic heterocycles. The zero-order valence-electron chi connectivity index (χ0n) is 27.4. The largest absolute Gasteiger partial charge is 0.361 e. The van der Waals surface area contributed by atoms with E-state index in [1.165, 1.54) is 5.56 Å². The van der Waals surface area contributed by atoms with Gasteiger partial charge in [-0.05, 0) is 99.0 Å². The number of amides is 3. The number of nitrogens with zero attached hydrogens (tertiary/aromatic N) is 4. The minimum atomic E-state index is -0.604. The van der Waals surface area contributed by atoms with Crippen LogP contribution in [0.4, 0.5) is 11.4 Å². The fourth-order valence-electron chi connectivity index (χ4n) is 6.84. The Morgan fingerprint density at radius 1 is 1.02 bits per heavy atom. The molecular weight excluding hydrogens is 626 g/mol. The first-order valence-electron chi connectivity index (χ1n) is 16.4. The van der Waals surface area contributed by atoms with Gasteiger partial charge in [-0.2, -0.15) is 5.26 Å². The predicted molar refractivity (Wildman–Crippen MR) is 184 cm³/mol. The number of benzene rings is 3. The third-order valence-corrected chi connectivity index (χ3v) is 9.70. The van der Waals surface area contributed by atoms with E-state index in [9.17, 15) is 19.6 Å². The van der Waals surface area contributed by atoms with E-state index in [1.807, 2.05) is 38.1 Å². The number of carbonyl (C=O) groups is 3. The fourth-order valence-corrected chi connectivity index (χ4v) is 7.05. The van der Waals surface area contributed by atoms with Crippen LogP contribution in [0.15, 0.2) is 59.1 Å². The highest BCUT2D eigenvalue weighted by atomic mass is 35.5. The van der Waals surface area contributed by atoms with E-state index in [2.05, 4.69) is 52.6 Å². The first-order chi connectivity index (χ1) is 23.1. The van der Waals surface area contributed by atoms with Gasteiger partial charge in [-0.3, -0.25) is 19.7 Å². The molecule has 0 aliphatic carbocycles. The Morgan fingerprint density at radius 2 is 1.83 bits per heavy atom. The zero-order chi connectivity index (χ0) is 33.9. The Morgan fingerprint density at radius 3 is 2.56 bits per heavy atom. The normalized spacial score (nSPS) is 15.8. The van der Waals surface area contributed by atoms with E-state index in [0.717, 1.165) is 83.7 Å². The third kappa shape index (κ3) is 6.71. The summed E-state index contributed by atoms with van der Waals surface area (Å²) in [6.07, 6.45) is 5.52. The van der Waals surface area contributed by atoms with Crippen molar-refractivity contribution >= 4 is 40.7 Å². The molecule has 3 heterocycles. The average Bonchev–Trinajstić information content (AvgIpc) is 3.58. The van der Waals surface area contributed by atoms with E-state index in [4.69, 9.17) is 16.1 Å². The molecule has 246 valence electrons. The molecule has 3 aromatic carbocycles. The Labute approximate surface area is 285 Å². The summed E-state index contributed by atoms with van der Waals surface area (Å²) in [5.74, 6) is -0.0491. The van der Waals surface area contributed by atoms with Crippen LogP contribution in [0.3, 0.4) is 0 Å². The SMILES string of the molecule is Cc1ccc(-c2c(C)noc2C)cc1N(CCCCCCc1ccc2c(c1)CN(C1CCC(=O)NC1=O)C2=O)c1ccc(C#N)c(Cl)c1. The van der Waals surface area contributed by atoms with Crippen LogP contribution < -0.4 is 10.2 Å². The van der Waals surface area contributed by atoms with Gasteiger partial charge in [0.2, 0.25) is 11.8 Å². The van der Waals surface area contributed by atoms with Crippen molar-refractivity contribution in [2.75, 3.05) is 11.4 Å². The van der Waals surface area contributed by atoms with Crippen molar-refractivity contribution in [3.63, 3.8) is 0 Å². The second-order valence-corrected chi connectivity index (χ2v) is 13.1. The van der Waals surface area contributed by atoms with Crippen molar-refractivity contribution in [1.82, 2.24) is 15.4 Å². The van der Waals surface area contributed by atoms with Gasteiger partial charge in [0.1, 0.15) is 17.9 Å². The summed E-state index contributed by atoms with van der Waals surface area (Å²) in [4.78, 5) is 40.9. The van der Waals surface area contributed by atoms with Crippen LogP contribution in [0.1, 0.15) is 82.6 Å². The summed E-state index contributed by atoms with van der Waals surface area (Å²) in [6.45, 7) is 7.12. The van der Waals surface area contributed by atoms with Gasteiger partial charge < -0.3 is 14.3 Å². The molecule has 6 rings (SSSR count). The topological polar surface area (TPSA) is 120 Å². The Balaban J connectivity index is 1.09. The molecule has 2 aliphatic rings. The van der Waals surface area contributed by atoms with Crippen molar-refractivity contribution in [2.24, 2.45) is 0 Å². The number of imide groups is 1. The second kappa shape index (κ2) is 14.0. The van der Waals surface area contributed by atoms with Gasteiger partial charge in [-0.25, -0.2) is 0 Å². The number of fused-ring (bicyclic) bond motifs is 1. The van der Waals surface area contributed by atoms with Crippen LogP contribution in [0.2, 0.25) is 5.02 Å². The average molecular weight is 664 g/mol. The Hall–Kier alpha value is -4.94. The number of nitrogens with one attached hydrogen (secondary N) is 1. The van der Waals surface area contributed by atoms with E-state index in [1.54, 1.807) is 11.0 Å². The van der Waals surface area contributed by atoms with Crippen molar-refractivity contribution in [2.45, 2.75) is 78.3 Å². The molecule has 9 nitrogen and oxygen atoms in total. The fraction of sp³-hybridized carbons (Fsp3) is 0.342. The number of aryl methyl sites for hydroxylation is 4. The van der Waals surface area contributed by atoms with E-state index in [0.29, 0.717) is 29.1 Å². The molecule has 0 bridgehead atoms. The maximum absolute atomic E-state index is 13.0. The molecule has 1 saturated heterocycles. The van der Waals surface area contributed by atoms with Crippen LogP contribution in [0.5, 0.6) is 0 Å². The lowest BCUT2D eigenvalue weighted by Gasteiger charge is -2.29. The number of halogens is 1. The highest BCUT2D eigenvalue weighted by molar-refractivity contribution is 6.32. The standard InChI is InChI=1S/C38H38ClN5O4/c1-23-9-11-27(36-24(2)42-48-25(36)3)19-34(23)43(30-13-12-28(21-40)32(39)20-30)17-7-5-4-6-8-26-10-14-31-29(18-26)22-44(38(31)47)33-15-16-35(45)41-37(33)46/h9-14,18-20,33H,4-8,15-17,22H2,1-3H3,(H,41,45,46). The molecule has 1 N–H and O–H groups in total. The van der Waals surface area contributed by atoms with Crippen LogP contribution in [-0.2, 0) is 22.6 Å². The molecule has 0 saturated carbocycles. The highest BCUT2D eigenvalue weighted by Gasteiger charge is 2.39. The summed E-state index contributed by atoms with van der Waals surface area (Å²) >= 11 is 6.50. The summed E-state index contributed by atoms with van der Waals surface area (Å²) in [5, 5.41) is 16.4. The van der Waals surface area contributed by atoms with Crippen LogP contribution in [0.25, 0.3) is 11.1 Å². The number of nitriles is 1. The van der Waals surface area contributed by atoms with E-state index < -0.39 is 11.9 Å². The Kier molecular flexibility index (Phi) is 9.65. The Bertz CT molecular complexity index is 1920. The van der Waals surface area contributed by atoms with Gasteiger partial charge in [0, 0.05) is 42.0 Å². The second-order valence-electron chi connectivity index (χ2n) is 12.7. The van der Waals surface area contributed by atoms with Crippen LogP contribution in [-0.4, -0.2) is 40.4 Å². The zero-order valence-corrected chi connectivity index (χ0v) is 28.2. The number of unbranched alkanes of at least 4 members (excludes halogenated alkanes) is 3. The first-order valence-corrected chi connectivity index (χ1v) is 16.8. The number of carbonyl (C=O) groups excluding carboxylic acids is 3. The maximum Gasteiger partial charge on any atom is 0.255 e. The lowest BCUT2D eigenvalue weighted by molar-refractivity contribution is -0.136. The van der Waals surface area contributed by atoms with Crippen molar-refractivity contribution in [1.29, 1.82) is 5.26 Å². The molecule has 1 fully saturated rings. The van der Waals surface area contributed by atoms with Gasteiger partial charge in [-0.15, -0.1) is 0 Å². The van der Waals surface area contributed by atoms with Gasteiger partial charge >= 0.3 is 0 Å². The first kappa shape index (κ1) is 33.0. The lowest BCUT2D eigenvalue weighted by atomic mass is 10.00. The summed E-state index contributed by atoms with van der Waals surface area (Å²) in [7, 11) is 0. The van der Waals surface area contributed by atoms with Gasteiger partial charge in [0.15, 0.2) is 0 Å². The molecule has 1 atom stereocenters. The molecule has 3 amide bonds. The summed E-state index contributed by atoms with van der Waals surface area (Å²) in [5.41, 5.74) is 9.18. The monoisotopic (exact) mass is 663 g/mol. The van der Waals surface area contributed by atoms with Crippen molar-refractivity contribution in [3.8, 4) is 17.2 Å². The van der Waals surface area contributed by atoms with Crippen LogP contribution >= 0.6 is 11.6 Å². The molecule has 1 unspecified atom stereocenters. The summed E-state index contributed by atoms with van der Waals surface area (Å²) < 4.78 is 5.45. The predicted octanol–water partition coefficient (Wildman–Crippen LogP) is 7.49. The van der Waals surface area contributed by atoms with Crippen molar-refractivity contribution in [3.05, 3.63) is 98.9 Å². The summed E-state index contributed by atoms with van der Waals surface area (Å²) in [6, 6.07) is 19.5. The molecule has 0 spiro atoms. The molecule has 4 aromatic rings. The molecule has 0 radical (unpaired) electrons. The number of hydrogen-bond acceptors (Lipinski definition) is 7. The quantitative estimate of drug-likeness (QED) is 0.130. The molecule has 2 aliphatic heterocycles. The lowest BCUT2D eigenvalue weighted by Crippen LogP contribution is -2.52. The number of piperidine rings is 1. The van der Waals surface area contributed by atoms with Gasteiger partial charge in [0.05, 0.1) is 16.3 Å². The smallest absolute Gasteiger partial charge is 0.255 e. The number of hydrogen-bond donors (Lipinski definition) is 1. The molecule has 48 heavy (non-hydrogen) atoms. The van der Waals surface area contributed by atoms with Gasteiger partial charge in [-0.1, -0.05) is 53.9 Å². The third-order valence-electron chi connectivity index (χ3n) is 9.39. The van der Waals surface area contributed by atoms with Gasteiger partial charge in [0.25, 0.3) is 5.91 Å². The number of anilines is 2. The number of rotatable bonds is 11. The number of aromatic nitrogens is 1. The molecular formula is C38H38ClN5O4. The van der Waals surface area contributed by atoms with Crippen molar-refractivity contribution < 1.29 is 18.9 Å². The minimum absolute atomic E-state index is 0.147.